The summed E-state index contributed by atoms with van der Waals surface area (Å²) in [5, 5.41) is 15.2. The van der Waals surface area contributed by atoms with Gasteiger partial charge in [-0.3, -0.25) is 9.78 Å². The lowest BCUT2D eigenvalue weighted by molar-refractivity contribution is 0.373. The minimum Gasteiger partial charge on any atom is -0.504 e. The van der Waals surface area contributed by atoms with E-state index in [1.54, 1.807) is 24.4 Å². The maximum Gasteiger partial charge on any atom is 0.306 e. The number of benzene rings is 1. The number of thiazole rings is 1. The number of phenols is 1. The molecule has 8 heteroatoms. The minimum absolute atomic E-state index is 0.0629. The van der Waals surface area contributed by atoms with Gasteiger partial charge in [0.05, 0.1) is 18.0 Å². The first-order valence-corrected chi connectivity index (χ1v) is 8.58. The van der Waals surface area contributed by atoms with Crippen LogP contribution >= 0.6 is 11.3 Å². The zero-order valence-corrected chi connectivity index (χ0v) is 14.7. The number of phenolic OH excluding ortho intramolecular Hbond substituents is 1. The molecular weight excluding hydrogens is 340 g/mol. The fourth-order valence-electron chi connectivity index (χ4n) is 2.94. The molecule has 0 aliphatic carbocycles. The molecule has 0 saturated heterocycles. The predicted octanol–water partition coefficient (Wildman–Crippen LogP) is 3.30. The van der Waals surface area contributed by atoms with Crippen LogP contribution in [0.4, 0.5) is 0 Å². The van der Waals surface area contributed by atoms with Crippen molar-refractivity contribution in [2.75, 3.05) is 7.11 Å². The van der Waals surface area contributed by atoms with Crippen molar-refractivity contribution < 1.29 is 9.84 Å². The highest BCUT2D eigenvalue weighted by Crippen LogP contribution is 2.39. The van der Waals surface area contributed by atoms with E-state index in [2.05, 4.69) is 15.1 Å². The van der Waals surface area contributed by atoms with Crippen LogP contribution < -0.4 is 9.61 Å². The quantitative estimate of drug-likeness (QED) is 0.587. The van der Waals surface area contributed by atoms with Crippen molar-refractivity contribution in [1.82, 2.24) is 19.7 Å². The molecule has 0 aliphatic heterocycles. The van der Waals surface area contributed by atoms with Crippen molar-refractivity contribution in [2.45, 2.75) is 19.9 Å². The second kappa shape index (κ2) is 5.59. The zero-order chi connectivity index (χ0) is 17.7. The third-order valence-corrected chi connectivity index (χ3v) is 4.96. The lowest BCUT2D eigenvalue weighted by Crippen LogP contribution is -2.03. The molecule has 1 aromatic carbocycles. The summed E-state index contributed by atoms with van der Waals surface area (Å²) in [5.41, 5.74) is 2.92. The van der Waals surface area contributed by atoms with E-state index in [0.29, 0.717) is 17.0 Å². The molecule has 3 heterocycles. The molecule has 0 amide bonds. The van der Waals surface area contributed by atoms with Gasteiger partial charge in [-0.05, 0) is 31.5 Å². The fourth-order valence-corrected chi connectivity index (χ4v) is 3.79. The summed E-state index contributed by atoms with van der Waals surface area (Å²) in [7, 11) is 1.50. The van der Waals surface area contributed by atoms with Crippen LogP contribution in [0, 0.1) is 0 Å². The van der Waals surface area contributed by atoms with Gasteiger partial charge in [0, 0.05) is 17.0 Å². The Bertz CT molecular complexity index is 1160. The van der Waals surface area contributed by atoms with Crippen LogP contribution in [0.5, 0.6) is 11.5 Å². The summed E-state index contributed by atoms with van der Waals surface area (Å²) in [4.78, 5) is 19.1. The smallest absolute Gasteiger partial charge is 0.306 e. The maximum absolute atomic E-state index is 11.9. The molecule has 25 heavy (non-hydrogen) atoms. The summed E-state index contributed by atoms with van der Waals surface area (Å²) < 4.78 is 7.81. The first-order valence-electron chi connectivity index (χ1n) is 7.77. The van der Waals surface area contributed by atoms with E-state index in [0.717, 1.165) is 32.5 Å². The van der Waals surface area contributed by atoms with Crippen LogP contribution in [0.1, 0.15) is 19.9 Å². The Labute approximate surface area is 146 Å². The molecule has 0 unspecified atom stereocenters. The summed E-state index contributed by atoms with van der Waals surface area (Å²) >= 11 is 1.11. The lowest BCUT2D eigenvalue weighted by Gasteiger charge is -2.10. The Morgan fingerprint density at radius 2 is 2.16 bits per heavy atom. The van der Waals surface area contributed by atoms with Crippen LogP contribution in [-0.2, 0) is 0 Å². The number of aromatic nitrogens is 4. The van der Waals surface area contributed by atoms with Crippen molar-refractivity contribution >= 4 is 32.7 Å². The standard InChI is InChI=1S/C17H16N4O3S/c1-8(2)21-16-10(7-18-21)13(14-15(19-16)20-17(23)25-14)9-4-5-11(22)12(6-9)24-3/h4-8,22H,1-3H3,(H,19,20,23). The van der Waals surface area contributed by atoms with Gasteiger partial charge in [0.2, 0.25) is 0 Å². The monoisotopic (exact) mass is 356 g/mol. The number of H-pyrrole nitrogens is 1. The molecule has 4 aromatic rings. The summed E-state index contributed by atoms with van der Waals surface area (Å²) in [5.74, 6) is 0.433. The number of aromatic amines is 1. The Morgan fingerprint density at radius 3 is 2.88 bits per heavy atom. The van der Waals surface area contributed by atoms with Crippen LogP contribution in [0.2, 0.25) is 0 Å². The Kier molecular flexibility index (Phi) is 3.50. The number of pyridine rings is 1. The number of nitrogens with one attached hydrogen (secondary N) is 1. The molecule has 2 N–H and O–H groups in total. The molecule has 7 nitrogen and oxygen atoms in total. The number of hydrogen-bond acceptors (Lipinski definition) is 6. The number of rotatable bonds is 3. The Balaban J connectivity index is 2.14. The number of fused-ring (bicyclic) bond motifs is 2. The molecule has 0 fully saturated rings. The number of aromatic hydroxyl groups is 1. The molecule has 0 radical (unpaired) electrons. The highest BCUT2D eigenvalue weighted by atomic mass is 32.1. The predicted molar refractivity (Wildman–Crippen MR) is 97.6 cm³/mol. The highest BCUT2D eigenvalue weighted by Gasteiger charge is 2.19. The van der Waals surface area contributed by atoms with Gasteiger partial charge >= 0.3 is 4.87 Å². The number of ether oxygens (including phenoxy) is 1. The van der Waals surface area contributed by atoms with E-state index in [-0.39, 0.29) is 16.7 Å². The number of nitrogens with zero attached hydrogens (tertiary/aromatic N) is 3. The van der Waals surface area contributed by atoms with Crippen molar-refractivity contribution in [3.05, 3.63) is 34.1 Å². The molecule has 0 bridgehead atoms. The van der Waals surface area contributed by atoms with E-state index < -0.39 is 0 Å². The molecule has 3 aromatic heterocycles. The van der Waals surface area contributed by atoms with E-state index in [4.69, 9.17) is 4.74 Å². The van der Waals surface area contributed by atoms with Gasteiger partial charge < -0.3 is 9.84 Å². The Morgan fingerprint density at radius 1 is 1.36 bits per heavy atom. The van der Waals surface area contributed by atoms with E-state index in [1.807, 2.05) is 18.5 Å². The molecule has 0 saturated carbocycles. The van der Waals surface area contributed by atoms with E-state index >= 15 is 0 Å². The van der Waals surface area contributed by atoms with Gasteiger partial charge in [-0.2, -0.15) is 5.10 Å². The van der Waals surface area contributed by atoms with Crippen LogP contribution in [0.25, 0.3) is 32.5 Å². The van der Waals surface area contributed by atoms with Gasteiger partial charge in [-0.1, -0.05) is 17.4 Å². The topological polar surface area (TPSA) is 93.0 Å². The normalized spacial score (nSPS) is 11.7. The highest BCUT2D eigenvalue weighted by molar-refractivity contribution is 7.17. The van der Waals surface area contributed by atoms with E-state index in [1.165, 1.54) is 7.11 Å². The Hall–Kier alpha value is -2.87. The van der Waals surface area contributed by atoms with Gasteiger partial charge in [0.1, 0.15) is 0 Å². The van der Waals surface area contributed by atoms with Crippen molar-refractivity contribution in [3.8, 4) is 22.6 Å². The van der Waals surface area contributed by atoms with Gasteiger partial charge in [0.15, 0.2) is 22.8 Å². The molecule has 0 aliphatic rings. The van der Waals surface area contributed by atoms with Crippen LogP contribution in [-0.4, -0.2) is 32.0 Å². The minimum atomic E-state index is -0.161. The average Bonchev–Trinajstić information content (AvgIpc) is 3.15. The summed E-state index contributed by atoms with van der Waals surface area (Å²) in [6, 6.07) is 5.26. The fraction of sp³-hybridized carbons (Fsp3) is 0.235. The van der Waals surface area contributed by atoms with Gasteiger partial charge in [-0.15, -0.1) is 0 Å². The van der Waals surface area contributed by atoms with Crippen molar-refractivity contribution in [2.24, 2.45) is 0 Å². The maximum atomic E-state index is 11.9. The summed E-state index contributed by atoms with van der Waals surface area (Å²) in [6.45, 7) is 4.05. The zero-order valence-electron chi connectivity index (χ0n) is 13.9. The van der Waals surface area contributed by atoms with E-state index in [9.17, 15) is 9.90 Å². The largest absolute Gasteiger partial charge is 0.504 e. The second-order valence-corrected chi connectivity index (χ2v) is 6.97. The number of hydrogen-bond donors (Lipinski definition) is 2. The van der Waals surface area contributed by atoms with Crippen LogP contribution in [0.15, 0.2) is 29.2 Å². The first kappa shape index (κ1) is 15.6. The van der Waals surface area contributed by atoms with Crippen molar-refractivity contribution in [1.29, 1.82) is 0 Å². The molecular formula is C17H16N4O3S. The molecule has 0 spiro atoms. The third kappa shape index (κ3) is 2.37. The first-order chi connectivity index (χ1) is 12.0. The molecule has 4 rings (SSSR count). The van der Waals surface area contributed by atoms with Gasteiger partial charge in [-0.25, -0.2) is 9.67 Å². The lowest BCUT2D eigenvalue weighted by atomic mass is 10.0. The average molecular weight is 356 g/mol. The van der Waals surface area contributed by atoms with Crippen molar-refractivity contribution in [3.63, 3.8) is 0 Å². The second-order valence-electron chi connectivity index (χ2n) is 5.99. The van der Waals surface area contributed by atoms with Crippen LogP contribution in [0.3, 0.4) is 0 Å². The molecule has 128 valence electrons. The van der Waals surface area contributed by atoms with Gasteiger partial charge in [0.25, 0.3) is 0 Å². The molecule has 0 atom stereocenters. The number of methoxy groups -OCH3 is 1. The SMILES string of the molecule is COc1cc(-c2c3cnn(C(C)C)c3nc3[nH]c(=O)sc23)ccc1O. The third-order valence-electron chi connectivity index (χ3n) is 4.07. The summed E-state index contributed by atoms with van der Waals surface area (Å²) in [6.07, 6.45) is 1.76.